The van der Waals surface area contributed by atoms with Gasteiger partial charge >= 0.3 is 0 Å². The van der Waals surface area contributed by atoms with E-state index in [1.165, 1.54) is 196 Å². The van der Waals surface area contributed by atoms with Gasteiger partial charge in [-0.05, 0) is 42.7 Å². The van der Waals surface area contributed by atoms with E-state index < -0.39 is 0 Å². The van der Waals surface area contributed by atoms with Crippen LogP contribution in [0.25, 0.3) is 0 Å². The molecule has 0 aliphatic heterocycles. The smallest absolute Gasteiger partial charge is 0.234 e. The first kappa shape index (κ1) is 44.0. The lowest BCUT2D eigenvalue weighted by Crippen LogP contribution is -2.41. The highest BCUT2D eigenvalue weighted by Gasteiger charge is 2.25. The van der Waals surface area contributed by atoms with Gasteiger partial charge in [-0.25, -0.2) is 9.13 Å². The zero-order valence-corrected chi connectivity index (χ0v) is 34.7. The standard InChI is InChI=1S/C50H83N2/c1-4-6-8-10-12-14-16-17-18-19-20-22-23-25-27-35-41-51-45-49(43-46(3)48-39-33-30-34-40-48)52(50(51)44-47-37-31-29-32-38-47)42-36-28-26-24-21-15-13-11-9-7-5-2/h29-34,37-40,45-46H,4-28,35-36,41-44H2,1-3H3/q+1. The fraction of sp³-hybridized carbons (Fsp3) is 0.700. The molecule has 0 saturated carbocycles. The molecule has 3 aromatic rings. The van der Waals surface area contributed by atoms with Crippen molar-refractivity contribution in [2.75, 3.05) is 0 Å². The van der Waals surface area contributed by atoms with Crippen LogP contribution in [-0.2, 0) is 25.9 Å². The van der Waals surface area contributed by atoms with Crippen molar-refractivity contribution in [2.45, 2.75) is 226 Å². The predicted octanol–water partition coefficient (Wildman–Crippen LogP) is 15.3. The van der Waals surface area contributed by atoms with Crippen LogP contribution in [0, 0.1) is 0 Å². The van der Waals surface area contributed by atoms with E-state index in [2.05, 4.69) is 96.8 Å². The van der Waals surface area contributed by atoms with E-state index >= 15 is 0 Å². The minimum Gasteiger partial charge on any atom is -0.234 e. The Morgan fingerprint density at radius 2 is 0.885 bits per heavy atom. The van der Waals surface area contributed by atoms with Gasteiger partial charge < -0.3 is 0 Å². The Kier molecular flexibility index (Phi) is 25.4. The Labute approximate surface area is 323 Å². The number of rotatable bonds is 34. The average Bonchev–Trinajstić information content (AvgIpc) is 3.48. The first-order valence-electron chi connectivity index (χ1n) is 22.9. The number of benzene rings is 2. The van der Waals surface area contributed by atoms with E-state index in [9.17, 15) is 0 Å². The number of hydrogen-bond donors (Lipinski definition) is 0. The molecule has 3 rings (SSSR count). The molecule has 2 heteroatoms. The summed E-state index contributed by atoms with van der Waals surface area (Å²) >= 11 is 0. The van der Waals surface area contributed by atoms with Crippen molar-refractivity contribution in [1.82, 2.24) is 4.57 Å². The third-order valence-electron chi connectivity index (χ3n) is 11.6. The molecule has 2 aromatic carbocycles. The maximum Gasteiger partial charge on any atom is 0.261 e. The average molecular weight is 712 g/mol. The molecule has 0 spiro atoms. The highest BCUT2D eigenvalue weighted by molar-refractivity contribution is 5.21. The third kappa shape index (κ3) is 19.6. The summed E-state index contributed by atoms with van der Waals surface area (Å²) in [5.41, 5.74) is 4.42. The van der Waals surface area contributed by atoms with Crippen LogP contribution < -0.4 is 4.57 Å². The molecule has 0 aliphatic rings. The van der Waals surface area contributed by atoms with Crippen molar-refractivity contribution in [3.63, 3.8) is 0 Å². The van der Waals surface area contributed by atoms with Crippen LogP contribution in [0.5, 0.6) is 0 Å². The summed E-state index contributed by atoms with van der Waals surface area (Å²) in [7, 11) is 0. The normalized spacial score (nSPS) is 12.1. The predicted molar refractivity (Wildman–Crippen MR) is 228 cm³/mol. The van der Waals surface area contributed by atoms with Crippen molar-refractivity contribution < 1.29 is 4.57 Å². The molecule has 1 aromatic heterocycles. The van der Waals surface area contributed by atoms with E-state index in [0.717, 1.165) is 25.9 Å². The van der Waals surface area contributed by atoms with Crippen LogP contribution in [0.4, 0.5) is 0 Å². The second-order valence-electron chi connectivity index (χ2n) is 16.4. The molecule has 52 heavy (non-hydrogen) atoms. The highest BCUT2D eigenvalue weighted by atomic mass is 15.2. The zero-order valence-electron chi connectivity index (χ0n) is 34.7. The molecule has 0 fully saturated rings. The van der Waals surface area contributed by atoms with Gasteiger partial charge in [-0.3, -0.25) is 0 Å². The zero-order chi connectivity index (χ0) is 36.7. The summed E-state index contributed by atoms with van der Waals surface area (Å²) in [6.07, 6.45) is 42.8. The van der Waals surface area contributed by atoms with Gasteiger partial charge in [0, 0.05) is 6.42 Å². The Hall–Kier alpha value is -2.35. The maximum absolute atomic E-state index is 2.76. The lowest BCUT2D eigenvalue weighted by molar-refractivity contribution is -0.710. The van der Waals surface area contributed by atoms with Crippen LogP contribution in [0.3, 0.4) is 0 Å². The van der Waals surface area contributed by atoms with Gasteiger partial charge in [0.15, 0.2) is 0 Å². The SMILES string of the molecule is CCCCCCCCCCCCCCCCCCn1cc(CC(C)c2ccccc2)[n+](CCCCCCCCCCCCC)c1Cc1ccccc1. The monoisotopic (exact) mass is 712 g/mol. The van der Waals surface area contributed by atoms with Gasteiger partial charge in [0.2, 0.25) is 0 Å². The van der Waals surface area contributed by atoms with Crippen LogP contribution in [0.15, 0.2) is 66.9 Å². The van der Waals surface area contributed by atoms with Gasteiger partial charge in [-0.2, -0.15) is 0 Å². The largest absolute Gasteiger partial charge is 0.261 e. The van der Waals surface area contributed by atoms with Crippen LogP contribution in [-0.4, -0.2) is 4.57 Å². The van der Waals surface area contributed by atoms with Crippen molar-refractivity contribution in [3.05, 3.63) is 89.5 Å². The molecule has 1 atom stereocenters. The van der Waals surface area contributed by atoms with E-state index in [1.807, 2.05) is 0 Å². The fourth-order valence-electron chi connectivity index (χ4n) is 8.23. The number of hydrogen-bond acceptors (Lipinski definition) is 0. The Morgan fingerprint density at radius 3 is 1.35 bits per heavy atom. The summed E-state index contributed by atoms with van der Waals surface area (Å²) < 4.78 is 5.43. The van der Waals surface area contributed by atoms with Gasteiger partial charge in [-0.1, -0.05) is 229 Å². The topological polar surface area (TPSA) is 8.81 Å². The molecule has 292 valence electrons. The van der Waals surface area contributed by atoms with Crippen molar-refractivity contribution in [2.24, 2.45) is 0 Å². The fourth-order valence-corrected chi connectivity index (χ4v) is 8.23. The molecule has 0 radical (unpaired) electrons. The number of nitrogens with zero attached hydrogens (tertiary/aromatic N) is 2. The van der Waals surface area contributed by atoms with Gasteiger partial charge in [0.1, 0.15) is 11.9 Å². The molecule has 0 bridgehead atoms. The van der Waals surface area contributed by atoms with Crippen molar-refractivity contribution in [1.29, 1.82) is 0 Å². The van der Waals surface area contributed by atoms with Crippen LogP contribution in [0.1, 0.15) is 223 Å². The van der Waals surface area contributed by atoms with E-state index in [0.29, 0.717) is 5.92 Å². The molecule has 0 aliphatic carbocycles. The van der Waals surface area contributed by atoms with Gasteiger partial charge in [0.05, 0.1) is 19.5 Å². The Balaban J connectivity index is 1.50. The summed E-state index contributed by atoms with van der Waals surface area (Å²) in [5, 5.41) is 0. The van der Waals surface area contributed by atoms with E-state index in [4.69, 9.17) is 0 Å². The van der Waals surface area contributed by atoms with E-state index in [-0.39, 0.29) is 0 Å². The van der Waals surface area contributed by atoms with Crippen molar-refractivity contribution in [3.8, 4) is 0 Å². The quantitative estimate of drug-likeness (QED) is 0.0431. The maximum atomic E-state index is 2.76. The number of aryl methyl sites for hydroxylation is 1. The molecular weight excluding hydrogens is 629 g/mol. The first-order chi connectivity index (χ1) is 25.7. The van der Waals surface area contributed by atoms with E-state index in [1.54, 1.807) is 0 Å². The van der Waals surface area contributed by atoms with Crippen LogP contribution in [0.2, 0.25) is 0 Å². The molecule has 0 saturated heterocycles. The summed E-state index contributed by atoms with van der Waals surface area (Å²) in [6, 6.07) is 22.4. The first-order valence-corrected chi connectivity index (χ1v) is 22.9. The van der Waals surface area contributed by atoms with Crippen LogP contribution >= 0.6 is 0 Å². The number of aromatic nitrogens is 2. The molecule has 0 N–H and O–H groups in total. The second-order valence-corrected chi connectivity index (χ2v) is 16.4. The number of unbranched alkanes of at least 4 members (excludes halogenated alkanes) is 25. The van der Waals surface area contributed by atoms with Gasteiger partial charge in [0.25, 0.3) is 5.82 Å². The lowest BCUT2D eigenvalue weighted by Gasteiger charge is -2.12. The molecular formula is C50H83N2+. The third-order valence-corrected chi connectivity index (χ3v) is 11.6. The minimum absolute atomic E-state index is 0.515. The molecule has 0 amide bonds. The number of imidazole rings is 1. The minimum atomic E-state index is 0.515. The van der Waals surface area contributed by atoms with Gasteiger partial charge in [-0.15, -0.1) is 0 Å². The molecule has 1 unspecified atom stereocenters. The molecule has 2 nitrogen and oxygen atoms in total. The second kappa shape index (κ2) is 30.0. The highest BCUT2D eigenvalue weighted by Crippen LogP contribution is 2.22. The molecule has 1 heterocycles. The Morgan fingerprint density at radius 1 is 0.481 bits per heavy atom. The summed E-state index contributed by atoms with van der Waals surface area (Å²) in [5.74, 6) is 2.04. The Bertz CT molecular complexity index is 1210. The summed E-state index contributed by atoms with van der Waals surface area (Å²) in [4.78, 5) is 0. The van der Waals surface area contributed by atoms with Crippen molar-refractivity contribution >= 4 is 0 Å². The summed E-state index contributed by atoms with van der Waals surface area (Å²) in [6.45, 7) is 9.35. The lowest BCUT2D eigenvalue weighted by atomic mass is 9.96.